The number of nitrogens with one attached hydrogen (secondary N) is 1. The van der Waals surface area contributed by atoms with E-state index in [0.29, 0.717) is 18.1 Å². The maximum Gasteiger partial charge on any atom is 0.245 e. The van der Waals surface area contributed by atoms with Gasteiger partial charge in [-0.15, -0.1) is 5.10 Å². The molecule has 0 aromatic carbocycles. The molecule has 0 aliphatic carbocycles. The van der Waals surface area contributed by atoms with Crippen LogP contribution in [0.3, 0.4) is 0 Å². The number of nitrogens with zero attached hydrogens (tertiary/aromatic N) is 2. The third-order valence-electron chi connectivity index (χ3n) is 2.80. The van der Waals surface area contributed by atoms with Gasteiger partial charge in [0.05, 0.1) is 17.9 Å². The van der Waals surface area contributed by atoms with Gasteiger partial charge in [0.15, 0.2) is 0 Å². The summed E-state index contributed by atoms with van der Waals surface area (Å²) in [5, 5.41) is 15.9. The molecule has 0 aliphatic rings. The minimum atomic E-state index is -0.172. The standard InChI is InChI=1S/C13H22N4O2/c1-5-9-10(6-2)16-17-13(11(9)12(14)15)19-8(3)7-18-4/h8H,5-7H2,1-4H3,(H3,14,15). The van der Waals surface area contributed by atoms with Crippen molar-refractivity contribution in [3.8, 4) is 5.88 Å². The van der Waals surface area contributed by atoms with Gasteiger partial charge < -0.3 is 15.2 Å². The highest BCUT2D eigenvalue weighted by atomic mass is 16.5. The molecule has 0 saturated carbocycles. The topological polar surface area (TPSA) is 94.1 Å². The lowest BCUT2D eigenvalue weighted by Gasteiger charge is -2.18. The average molecular weight is 266 g/mol. The molecule has 1 atom stereocenters. The summed E-state index contributed by atoms with van der Waals surface area (Å²) in [6.07, 6.45) is 1.32. The molecule has 106 valence electrons. The number of aromatic nitrogens is 2. The van der Waals surface area contributed by atoms with Crippen molar-refractivity contribution in [1.82, 2.24) is 10.2 Å². The van der Waals surface area contributed by atoms with E-state index in [4.69, 9.17) is 20.6 Å². The highest BCUT2D eigenvalue weighted by molar-refractivity contribution is 5.98. The number of nitrogen functional groups attached to an aromatic ring is 1. The summed E-state index contributed by atoms with van der Waals surface area (Å²) in [6, 6.07) is 0. The van der Waals surface area contributed by atoms with E-state index >= 15 is 0 Å². The predicted octanol–water partition coefficient (Wildman–Crippen LogP) is 1.30. The zero-order chi connectivity index (χ0) is 14.4. The SMILES string of the molecule is CCc1nnc(OC(C)COC)c(C(=N)N)c1CC. The average Bonchev–Trinajstić information content (AvgIpc) is 2.37. The summed E-state index contributed by atoms with van der Waals surface area (Å²) in [5.74, 6) is 0.271. The monoisotopic (exact) mass is 266 g/mol. The van der Waals surface area contributed by atoms with Gasteiger partial charge in [0.2, 0.25) is 5.88 Å². The Morgan fingerprint density at radius 3 is 2.47 bits per heavy atom. The first-order valence-corrected chi connectivity index (χ1v) is 6.43. The maximum atomic E-state index is 7.74. The zero-order valence-electron chi connectivity index (χ0n) is 12.0. The third kappa shape index (κ3) is 3.64. The van der Waals surface area contributed by atoms with E-state index < -0.39 is 0 Å². The lowest BCUT2D eigenvalue weighted by Crippen LogP contribution is -2.24. The van der Waals surface area contributed by atoms with E-state index in [1.54, 1.807) is 7.11 Å². The first-order chi connectivity index (χ1) is 9.04. The Hall–Kier alpha value is -1.69. The highest BCUT2D eigenvalue weighted by Gasteiger charge is 2.19. The second-order valence-electron chi connectivity index (χ2n) is 4.31. The van der Waals surface area contributed by atoms with Crippen LogP contribution in [0.4, 0.5) is 0 Å². The van der Waals surface area contributed by atoms with E-state index in [-0.39, 0.29) is 11.9 Å². The Morgan fingerprint density at radius 2 is 2.00 bits per heavy atom. The number of hydrogen-bond donors (Lipinski definition) is 2. The number of nitrogens with two attached hydrogens (primary N) is 1. The van der Waals surface area contributed by atoms with Crippen LogP contribution in [0.2, 0.25) is 0 Å². The molecule has 1 heterocycles. The summed E-state index contributed by atoms with van der Waals surface area (Å²) in [5.41, 5.74) is 8.02. The van der Waals surface area contributed by atoms with E-state index in [1.807, 2.05) is 20.8 Å². The van der Waals surface area contributed by atoms with E-state index in [1.165, 1.54) is 0 Å². The molecule has 0 amide bonds. The van der Waals surface area contributed by atoms with Gasteiger partial charge >= 0.3 is 0 Å². The molecule has 1 aromatic heterocycles. The molecule has 0 radical (unpaired) electrons. The summed E-state index contributed by atoms with van der Waals surface area (Å²) in [7, 11) is 1.61. The van der Waals surface area contributed by atoms with Gasteiger partial charge in [-0.05, 0) is 25.3 Å². The minimum absolute atomic E-state index is 0.0407. The van der Waals surface area contributed by atoms with Gasteiger partial charge in [-0.1, -0.05) is 13.8 Å². The Kier molecular flexibility index (Phi) is 5.69. The molecule has 1 aromatic rings. The quantitative estimate of drug-likeness (QED) is 0.573. The van der Waals surface area contributed by atoms with Crippen LogP contribution >= 0.6 is 0 Å². The fourth-order valence-corrected chi connectivity index (χ4v) is 1.97. The lowest BCUT2D eigenvalue weighted by atomic mass is 10.0. The first-order valence-electron chi connectivity index (χ1n) is 6.43. The Bertz CT molecular complexity index is 449. The maximum absolute atomic E-state index is 7.74. The van der Waals surface area contributed by atoms with Crippen molar-refractivity contribution in [3.05, 3.63) is 16.8 Å². The Labute approximate surface area is 113 Å². The van der Waals surface area contributed by atoms with Gasteiger partial charge in [0.25, 0.3) is 0 Å². The molecule has 0 bridgehead atoms. The Balaban J connectivity index is 3.20. The molecule has 0 saturated heterocycles. The number of amidine groups is 1. The predicted molar refractivity (Wildman–Crippen MR) is 73.8 cm³/mol. The van der Waals surface area contributed by atoms with Gasteiger partial charge in [-0.25, -0.2) is 0 Å². The van der Waals surface area contributed by atoms with Crippen LogP contribution in [-0.4, -0.2) is 35.9 Å². The summed E-state index contributed by atoms with van der Waals surface area (Å²) < 4.78 is 10.7. The normalized spacial score (nSPS) is 12.2. The molecule has 1 rings (SSSR count). The number of ether oxygens (including phenoxy) is 2. The molecular weight excluding hydrogens is 244 g/mol. The van der Waals surface area contributed by atoms with Crippen molar-refractivity contribution in [2.24, 2.45) is 5.73 Å². The molecule has 0 aliphatic heterocycles. The Morgan fingerprint density at radius 1 is 1.32 bits per heavy atom. The third-order valence-corrected chi connectivity index (χ3v) is 2.80. The number of methoxy groups -OCH3 is 1. The van der Waals surface area contributed by atoms with Crippen molar-refractivity contribution in [1.29, 1.82) is 5.41 Å². The molecular formula is C13H22N4O2. The lowest BCUT2D eigenvalue weighted by molar-refractivity contribution is 0.0880. The van der Waals surface area contributed by atoms with E-state index in [9.17, 15) is 0 Å². The van der Waals surface area contributed by atoms with Crippen LogP contribution < -0.4 is 10.5 Å². The van der Waals surface area contributed by atoms with Gasteiger partial charge in [-0.3, -0.25) is 5.41 Å². The van der Waals surface area contributed by atoms with Crippen LogP contribution in [0.25, 0.3) is 0 Å². The van der Waals surface area contributed by atoms with Crippen LogP contribution in [0.1, 0.15) is 37.6 Å². The summed E-state index contributed by atoms with van der Waals surface area (Å²) >= 11 is 0. The minimum Gasteiger partial charge on any atom is -0.471 e. The first kappa shape index (κ1) is 15.4. The van der Waals surface area contributed by atoms with E-state index in [2.05, 4.69) is 10.2 Å². The van der Waals surface area contributed by atoms with Crippen molar-refractivity contribution >= 4 is 5.84 Å². The molecule has 6 heteroatoms. The molecule has 6 nitrogen and oxygen atoms in total. The van der Waals surface area contributed by atoms with Crippen LogP contribution in [0.5, 0.6) is 5.88 Å². The molecule has 0 fully saturated rings. The van der Waals surface area contributed by atoms with Crippen LogP contribution in [0.15, 0.2) is 0 Å². The smallest absolute Gasteiger partial charge is 0.245 e. The van der Waals surface area contributed by atoms with Gasteiger partial charge in [0.1, 0.15) is 11.9 Å². The number of rotatable bonds is 7. The molecule has 0 spiro atoms. The number of aryl methyl sites for hydroxylation is 1. The van der Waals surface area contributed by atoms with E-state index in [0.717, 1.165) is 24.1 Å². The zero-order valence-corrected chi connectivity index (χ0v) is 12.0. The second kappa shape index (κ2) is 7.04. The van der Waals surface area contributed by atoms with Crippen molar-refractivity contribution in [2.75, 3.05) is 13.7 Å². The van der Waals surface area contributed by atoms with Crippen LogP contribution in [0, 0.1) is 5.41 Å². The molecule has 3 N–H and O–H groups in total. The molecule has 1 unspecified atom stereocenters. The second-order valence-corrected chi connectivity index (χ2v) is 4.31. The summed E-state index contributed by atoms with van der Waals surface area (Å²) in [6.45, 7) is 6.32. The van der Waals surface area contributed by atoms with Gasteiger partial charge in [-0.2, -0.15) is 5.10 Å². The van der Waals surface area contributed by atoms with Gasteiger partial charge in [0, 0.05) is 7.11 Å². The molecule has 19 heavy (non-hydrogen) atoms. The fourth-order valence-electron chi connectivity index (χ4n) is 1.97. The summed E-state index contributed by atoms with van der Waals surface area (Å²) in [4.78, 5) is 0. The van der Waals surface area contributed by atoms with Crippen molar-refractivity contribution < 1.29 is 9.47 Å². The van der Waals surface area contributed by atoms with Crippen molar-refractivity contribution in [2.45, 2.75) is 39.7 Å². The highest BCUT2D eigenvalue weighted by Crippen LogP contribution is 2.23. The van der Waals surface area contributed by atoms with Crippen molar-refractivity contribution in [3.63, 3.8) is 0 Å². The fraction of sp³-hybridized carbons (Fsp3) is 0.615. The van der Waals surface area contributed by atoms with Crippen LogP contribution in [-0.2, 0) is 17.6 Å². The largest absolute Gasteiger partial charge is 0.471 e. The number of hydrogen-bond acceptors (Lipinski definition) is 5.